The van der Waals surface area contributed by atoms with Crippen LogP contribution in [0.4, 0.5) is 0 Å². The standard InChI is InChI=1S/C15H21ClNO6P/c1-3-4-5-6-14(24(19,20)21)17-23-15(18)11(2)22-13-9-7-12(16)8-10-13/h7-11H,3-6H2,1-2H3,(H2,19,20,21). The molecule has 0 saturated heterocycles. The lowest BCUT2D eigenvalue weighted by atomic mass is 10.2. The Balaban J connectivity index is 2.65. The molecule has 1 aromatic carbocycles. The van der Waals surface area contributed by atoms with Crippen LogP contribution in [0, 0.1) is 0 Å². The molecule has 0 aliphatic carbocycles. The maximum absolute atomic E-state index is 11.8. The Hall–Kier alpha value is -1.40. The summed E-state index contributed by atoms with van der Waals surface area (Å²) in [6.07, 6.45) is 1.30. The van der Waals surface area contributed by atoms with Crippen LogP contribution < -0.4 is 4.74 Å². The minimum Gasteiger partial charge on any atom is -0.479 e. The Morgan fingerprint density at radius 3 is 2.46 bits per heavy atom. The number of hydrogen-bond donors (Lipinski definition) is 2. The highest BCUT2D eigenvalue weighted by Crippen LogP contribution is 2.39. The van der Waals surface area contributed by atoms with Crippen molar-refractivity contribution in [2.45, 2.75) is 45.6 Å². The summed E-state index contributed by atoms with van der Waals surface area (Å²) in [4.78, 5) is 34.9. The number of halogens is 1. The number of carbonyl (C=O) groups excluding carboxylic acids is 1. The van der Waals surface area contributed by atoms with E-state index < -0.39 is 25.1 Å². The maximum atomic E-state index is 11.8. The van der Waals surface area contributed by atoms with Gasteiger partial charge in [-0.25, -0.2) is 4.79 Å². The molecule has 1 unspecified atom stereocenters. The van der Waals surface area contributed by atoms with Gasteiger partial charge < -0.3 is 19.4 Å². The first-order valence-electron chi connectivity index (χ1n) is 7.50. The third kappa shape index (κ3) is 7.45. The highest BCUT2D eigenvalue weighted by Gasteiger charge is 2.25. The van der Waals surface area contributed by atoms with Gasteiger partial charge in [0.1, 0.15) is 5.75 Å². The Morgan fingerprint density at radius 2 is 1.92 bits per heavy atom. The average Bonchev–Trinajstić information content (AvgIpc) is 2.51. The number of ether oxygens (including phenoxy) is 1. The first-order chi connectivity index (χ1) is 11.2. The molecular weight excluding hydrogens is 357 g/mol. The van der Waals surface area contributed by atoms with Gasteiger partial charge >= 0.3 is 13.6 Å². The van der Waals surface area contributed by atoms with Gasteiger partial charge in [-0.15, -0.1) is 0 Å². The van der Waals surface area contributed by atoms with E-state index >= 15 is 0 Å². The van der Waals surface area contributed by atoms with Crippen molar-refractivity contribution in [3.63, 3.8) is 0 Å². The Bertz CT molecular complexity index is 613. The van der Waals surface area contributed by atoms with Crippen molar-refractivity contribution < 1.29 is 28.7 Å². The molecule has 0 saturated carbocycles. The molecular formula is C15H21ClNO6P. The Labute approximate surface area is 145 Å². The summed E-state index contributed by atoms with van der Waals surface area (Å²) in [5, 5.41) is 3.87. The fourth-order valence-corrected chi connectivity index (χ4v) is 2.44. The molecule has 1 aromatic rings. The second-order valence-corrected chi connectivity index (χ2v) is 7.17. The van der Waals surface area contributed by atoms with E-state index in [2.05, 4.69) is 9.99 Å². The van der Waals surface area contributed by atoms with E-state index in [0.29, 0.717) is 17.2 Å². The summed E-state index contributed by atoms with van der Waals surface area (Å²) in [5.41, 5.74) is -0.442. The fourth-order valence-electron chi connectivity index (χ4n) is 1.71. The summed E-state index contributed by atoms with van der Waals surface area (Å²) in [6, 6.07) is 6.38. The second kappa shape index (κ2) is 9.79. The molecule has 0 heterocycles. The maximum Gasteiger partial charge on any atom is 0.374 e. The quantitative estimate of drug-likeness (QED) is 0.223. The van der Waals surface area contributed by atoms with E-state index in [-0.39, 0.29) is 6.42 Å². The summed E-state index contributed by atoms with van der Waals surface area (Å²) in [5.74, 6) is -0.447. The number of unbranched alkanes of at least 4 members (excludes halogenated alkanes) is 2. The molecule has 0 spiro atoms. The van der Waals surface area contributed by atoms with Crippen LogP contribution in [0.25, 0.3) is 0 Å². The lowest BCUT2D eigenvalue weighted by molar-refractivity contribution is -0.151. The SMILES string of the molecule is CCCCCC(=NOC(=O)C(C)Oc1ccc(Cl)cc1)P(=O)(O)O. The normalized spacial score (nSPS) is 13.5. The molecule has 0 fully saturated rings. The van der Waals surface area contributed by atoms with E-state index in [4.69, 9.17) is 16.3 Å². The van der Waals surface area contributed by atoms with Crippen LogP contribution in [0.3, 0.4) is 0 Å². The van der Waals surface area contributed by atoms with Gasteiger partial charge in [0.15, 0.2) is 11.6 Å². The summed E-state index contributed by atoms with van der Waals surface area (Å²) >= 11 is 5.75. The van der Waals surface area contributed by atoms with Gasteiger partial charge in [0.05, 0.1) is 0 Å². The number of nitrogens with zero attached hydrogens (tertiary/aromatic N) is 1. The molecule has 0 aliphatic rings. The predicted molar refractivity (Wildman–Crippen MR) is 91.3 cm³/mol. The van der Waals surface area contributed by atoms with E-state index in [9.17, 15) is 19.1 Å². The molecule has 1 atom stereocenters. The average molecular weight is 378 g/mol. The van der Waals surface area contributed by atoms with Gasteiger partial charge in [0.2, 0.25) is 0 Å². The monoisotopic (exact) mass is 377 g/mol. The van der Waals surface area contributed by atoms with Crippen molar-refractivity contribution in [2.75, 3.05) is 0 Å². The molecule has 1 rings (SSSR count). The topological polar surface area (TPSA) is 105 Å². The zero-order valence-corrected chi connectivity index (χ0v) is 15.2. The lowest BCUT2D eigenvalue weighted by Crippen LogP contribution is -2.25. The van der Waals surface area contributed by atoms with Crippen LogP contribution in [-0.4, -0.2) is 27.3 Å². The highest BCUT2D eigenvalue weighted by molar-refractivity contribution is 7.70. The number of benzene rings is 1. The third-order valence-electron chi connectivity index (χ3n) is 3.04. The Kier molecular flexibility index (Phi) is 8.42. The van der Waals surface area contributed by atoms with Crippen LogP contribution in [0.2, 0.25) is 5.02 Å². The van der Waals surface area contributed by atoms with Crippen LogP contribution in [0.1, 0.15) is 39.5 Å². The van der Waals surface area contributed by atoms with Crippen molar-refractivity contribution in [3.05, 3.63) is 29.3 Å². The molecule has 7 nitrogen and oxygen atoms in total. The molecule has 24 heavy (non-hydrogen) atoms. The van der Waals surface area contributed by atoms with Crippen LogP contribution in [-0.2, 0) is 14.2 Å². The number of hydrogen-bond acceptors (Lipinski definition) is 5. The molecule has 134 valence electrons. The highest BCUT2D eigenvalue weighted by atomic mass is 35.5. The van der Waals surface area contributed by atoms with Gasteiger partial charge in [-0.1, -0.05) is 36.5 Å². The van der Waals surface area contributed by atoms with Crippen LogP contribution >= 0.6 is 19.2 Å². The van der Waals surface area contributed by atoms with Crippen molar-refractivity contribution >= 4 is 30.6 Å². The van der Waals surface area contributed by atoms with Crippen molar-refractivity contribution in [1.29, 1.82) is 0 Å². The minimum absolute atomic E-state index is 0.0673. The molecule has 0 aliphatic heterocycles. The summed E-state index contributed by atoms with van der Waals surface area (Å²) < 4.78 is 16.7. The van der Waals surface area contributed by atoms with Crippen molar-refractivity contribution in [1.82, 2.24) is 0 Å². The van der Waals surface area contributed by atoms with E-state index in [0.717, 1.165) is 12.8 Å². The number of carbonyl (C=O) groups is 1. The van der Waals surface area contributed by atoms with Gasteiger partial charge in [0, 0.05) is 11.4 Å². The van der Waals surface area contributed by atoms with Crippen LogP contribution in [0.5, 0.6) is 5.75 Å². The molecule has 0 bridgehead atoms. The summed E-state index contributed by atoms with van der Waals surface area (Å²) in [6.45, 7) is 3.41. The third-order valence-corrected chi connectivity index (χ3v) is 4.27. The number of rotatable bonds is 9. The fraction of sp³-hybridized carbons (Fsp3) is 0.467. The minimum atomic E-state index is -4.56. The smallest absolute Gasteiger partial charge is 0.374 e. The molecule has 0 amide bonds. The first kappa shape index (κ1) is 20.6. The summed E-state index contributed by atoms with van der Waals surface area (Å²) in [7, 11) is -4.56. The zero-order valence-electron chi connectivity index (χ0n) is 13.5. The van der Waals surface area contributed by atoms with Gasteiger partial charge in [-0.2, -0.15) is 0 Å². The second-order valence-electron chi connectivity index (χ2n) is 5.13. The largest absolute Gasteiger partial charge is 0.479 e. The molecule has 0 radical (unpaired) electrons. The van der Waals surface area contributed by atoms with Gasteiger partial charge in [-0.05, 0) is 37.6 Å². The van der Waals surface area contributed by atoms with Gasteiger partial charge in [0.25, 0.3) is 0 Å². The van der Waals surface area contributed by atoms with E-state index in [1.807, 2.05) is 6.92 Å². The lowest BCUT2D eigenvalue weighted by Gasteiger charge is -2.12. The predicted octanol–water partition coefficient (Wildman–Crippen LogP) is 3.72. The van der Waals surface area contributed by atoms with E-state index in [1.165, 1.54) is 6.92 Å². The molecule has 9 heteroatoms. The van der Waals surface area contributed by atoms with Crippen molar-refractivity contribution in [2.24, 2.45) is 5.16 Å². The van der Waals surface area contributed by atoms with Gasteiger partial charge in [-0.3, -0.25) is 4.57 Å². The van der Waals surface area contributed by atoms with Crippen LogP contribution in [0.15, 0.2) is 29.4 Å². The molecule has 2 N–H and O–H groups in total. The van der Waals surface area contributed by atoms with Crippen molar-refractivity contribution in [3.8, 4) is 5.75 Å². The first-order valence-corrected chi connectivity index (χ1v) is 9.49. The molecule has 0 aromatic heterocycles. The Morgan fingerprint density at radius 1 is 1.29 bits per heavy atom. The van der Waals surface area contributed by atoms with E-state index in [1.54, 1.807) is 24.3 Å². The number of oxime groups is 1. The zero-order chi connectivity index (χ0) is 18.2.